The van der Waals surface area contributed by atoms with Gasteiger partial charge in [-0.05, 0) is 24.3 Å². The van der Waals surface area contributed by atoms with Crippen LogP contribution >= 0.6 is 0 Å². The number of rotatable bonds is 3. The van der Waals surface area contributed by atoms with E-state index in [0.717, 1.165) is 0 Å². The first-order chi connectivity index (χ1) is 8.14. The fraction of sp³-hybridized carbons (Fsp3) is 0.154. The molecule has 1 unspecified atom stereocenters. The van der Waals surface area contributed by atoms with E-state index in [2.05, 4.69) is 4.98 Å². The van der Waals surface area contributed by atoms with Crippen LogP contribution in [0.1, 0.15) is 11.3 Å². The molecule has 17 heavy (non-hydrogen) atoms. The quantitative estimate of drug-likeness (QED) is 0.778. The molecule has 1 atom stereocenters. The van der Waals surface area contributed by atoms with E-state index in [4.69, 9.17) is 10.5 Å². The Balaban J connectivity index is 2.44. The first kappa shape index (κ1) is 11.6. The van der Waals surface area contributed by atoms with Crippen LogP contribution < -0.4 is 10.5 Å². The van der Waals surface area contributed by atoms with E-state index in [1.807, 2.05) is 0 Å². The monoisotopic (exact) mass is 230 g/mol. The molecule has 0 spiro atoms. The van der Waals surface area contributed by atoms with Gasteiger partial charge in [-0.15, -0.1) is 0 Å². The molecule has 0 amide bonds. The average molecular weight is 230 g/mol. The standard InChI is InChI=1S/C13H14N2O2/c1-17-11-6-4-5-10(9-11)13(14,16)12-7-2-3-8-15-12/h2-9,16H,14H2,1H3. The van der Waals surface area contributed by atoms with E-state index in [0.29, 0.717) is 17.0 Å². The summed E-state index contributed by atoms with van der Waals surface area (Å²) in [5, 5.41) is 10.3. The lowest BCUT2D eigenvalue weighted by molar-refractivity contribution is 0.0834. The molecular weight excluding hydrogens is 216 g/mol. The van der Waals surface area contributed by atoms with Crippen LogP contribution in [0, 0.1) is 0 Å². The topological polar surface area (TPSA) is 68.4 Å². The molecule has 1 aromatic carbocycles. The van der Waals surface area contributed by atoms with Gasteiger partial charge in [0.25, 0.3) is 0 Å². The molecule has 0 saturated carbocycles. The zero-order valence-electron chi connectivity index (χ0n) is 9.50. The zero-order valence-corrected chi connectivity index (χ0v) is 9.50. The third-order valence-corrected chi connectivity index (χ3v) is 2.57. The molecule has 1 aromatic heterocycles. The molecule has 0 fully saturated rings. The Morgan fingerprint density at radius 1 is 1.24 bits per heavy atom. The summed E-state index contributed by atoms with van der Waals surface area (Å²) < 4.78 is 5.10. The van der Waals surface area contributed by atoms with Gasteiger partial charge in [0.2, 0.25) is 0 Å². The van der Waals surface area contributed by atoms with Gasteiger partial charge in [-0.25, -0.2) is 0 Å². The maximum atomic E-state index is 10.3. The van der Waals surface area contributed by atoms with Gasteiger partial charge < -0.3 is 9.84 Å². The van der Waals surface area contributed by atoms with Crippen LogP contribution in [0.4, 0.5) is 0 Å². The summed E-state index contributed by atoms with van der Waals surface area (Å²) in [6, 6.07) is 12.2. The molecule has 4 nitrogen and oxygen atoms in total. The highest BCUT2D eigenvalue weighted by Crippen LogP contribution is 2.25. The summed E-state index contributed by atoms with van der Waals surface area (Å²) in [7, 11) is 1.56. The van der Waals surface area contributed by atoms with Crippen LogP contribution in [0.3, 0.4) is 0 Å². The number of nitrogens with two attached hydrogens (primary N) is 1. The number of aromatic nitrogens is 1. The Hall–Kier alpha value is -1.91. The summed E-state index contributed by atoms with van der Waals surface area (Å²) >= 11 is 0. The van der Waals surface area contributed by atoms with Gasteiger partial charge in [0.1, 0.15) is 5.75 Å². The maximum absolute atomic E-state index is 10.3. The molecule has 0 radical (unpaired) electrons. The highest BCUT2D eigenvalue weighted by Gasteiger charge is 2.27. The van der Waals surface area contributed by atoms with Crippen molar-refractivity contribution >= 4 is 0 Å². The number of benzene rings is 1. The number of pyridine rings is 1. The minimum absolute atomic E-state index is 0.397. The Morgan fingerprint density at radius 2 is 2.06 bits per heavy atom. The maximum Gasteiger partial charge on any atom is 0.183 e. The van der Waals surface area contributed by atoms with Gasteiger partial charge in [0.15, 0.2) is 5.72 Å². The first-order valence-electron chi connectivity index (χ1n) is 5.22. The highest BCUT2D eigenvalue weighted by atomic mass is 16.5. The molecule has 2 aromatic rings. The zero-order chi connectivity index (χ0) is 12.3. The van der Waals surface area contributed by atoms with E-state index in [9.17, 15) is 5.11 Å². The molecule has 0 aliphatic heterocycles. The predicted octanol–water partition coefficient (Wildman–Crippen LogP) is 1.24. The van der Waals surface area contributed by atoms with Crippen molar-refractivity contribution in [3.8, 4) is 5.75 Å². The lowest BCUT2D eigenvalue weighted by atomic mass is 9.99. The molecule has 0 bridgehead atoms. The summed E-state index contributed by atoms with van der Waals surface area (Å²) in [5.41, 5.74) is 5.24. The molecule has 4 heteroatoms. The average Bonchev–Trinajstić information content (AvgIpc) is 2.40. The summed E-state index contributed by atoms with van der Waals surface area (Å²) in [5.74, 6) is 0.641. The van der Waals surface area contributed by atoms with E-state index in [1.165, 1.54) is 0 Å². The fourth-order valence-corrected chi connectivity index (χ4v) is 1.60. The van der Waals surface area contributed by atoms with E-state index < -0.39 is 5.72 Å². The minimum Gasteiger partial charge on any atom is -0.497 e. The molecule has 1 heterocycles. The second-order valence-electron chi connectivity index (χ2n) is 3.71. The fourth-order valence-electron chi connectivity index (χ4n) is 1.60. The van der Waals surface area contributed by atoms with Crippen molar-refractivity contribution in [2.24, 2.45) is 5.73 Å². The lowest BCUT2D eigenvalue weighted by Gasteiger charge is -2.23. The van der Waals surface area contributed by atoms with E-state index >= 15 is 0 Å². The van der Waals surface area contributed by atoms with Crippen molar-refractivity contribution in [2.75, 3.05) is 7.11 Å². The van der Waals surface area contributed by atoms with Crippen molar-refractivity contribution < 1.29 is 9.84 Å². The highest BCUT2D eigenvalue weighted by molar-refractivity contribution is 5.36. The van der Waals surface area contributed by atoms with Crippen molar-refractivity contribution in [1.82, 2.24) is 4.98 Å². The van der Waals surface area contributed by atoms with Crippen molar-refractivity contribution in [1.29, 1.82) is 0 Å². The number of methoxy groups -OCH3 is 1. The van der Waals surface area contributed by atoms with Crippen molar-refractivity contribution in [3.63, 3.8) is 0 Å². The molecular formula is C13H14N2O2. The third-order valence-electron chi connectivity index (χ3n) is 2.57. The van der Waals surface area contributed by atoms with Crippen molar-refractivity contribution in [3.05, 3.63) is 59.9 Å². The molecule has 3 N–H and O–H groups in total. The largest absolute Gasteiger partial charge is 0.497 e. The van der Waals surface area contributed by atoms with Crippen molar-refractivity contribution in [2.45, 2.75) is 5.72 Å². The van der Waals surface area contributed by atoms with Gasteiger partial charge in [0, 0.05) is 11.8 Å². The van der Waals surface area contributed by atoms with E-state index in [1.54, 1.807) is 55.8 Å². The minimum atomic E-state index is -1.62. The van der Waals surface area contributed by atoms with Gasteiger partial charge in [-0.1, -0.05) is 18.2 Å². The second kappa shape index (κ2) is 4.53. The van der Waals surface area contributed by atoms with E-state index in [-0.39, 0.29) is 0 Å². The van der Waals surface area contributed by atoms with Crippen LogP contribution in [-0.2, 0) is 5.72 Å². The van der Waals surface area contributed by atoms with Gasteiger partial charge in [-0.3, -0.25) is 10.7 Å². The second-order valence-corrected chi connectivity index (χ2v) is 3.71. The number of nitrogens with zero attached hydrogens (tertiary/aromatic N) is 1. The molecule has 2 rings (SSSR count). The van der Waals surface area contributed by atoms with Crippen LogP contribution in [0.5, 0.6) is 5.75 Å². The Bertz CT molecular complexity index is 498. The third kappa shape index (κ3) is 2.27. The summed E-state index contributed by atoms with van der Waals surface area (Å²) in [6.07, 6.45) is 1.59. The number of hydrogen-bond donors (Lipinski definition) is 2. The molecule has 0 aliphatic carbocycles. The summed E-state index contributed by atoms with van der Waals surface area (Å²) in [6.45, 7) is 0. The Labute approximate surface area is 99.7 Å². The first-order valence-corrected chi connectivity index (χ1v) is 5.22. The molecule has 0 saturated heterocycles. The van der Waals surface area contributed by atoms with Crippen LogP contribution in [-0.4, -0.2) is 17.2 Å². The summed E-state index contributed by atoms with van der Waals surface area (Å²) in [4.78, 5) is 4.07. The smallest absolute Gasteiger partial charge is 0.183 e. The predicted molar refractivity (Wildman–Crippen MR) is 64.4 cm³/mol. The number of aliphatic hydroxyl groups is 1. The normalized spacial score (nSPS) is 14.1. The lowest BCUT2D eigenvalue weighted by Crippen LogP contribution is -2.38. The number of hydrogen-bond acceptors (Lipinski definition) is 4. The van der Waals surface area contributed by atoms with Gasteiger partial charge >= 0.3 is 0 Å². The van der Waals surface area contributed by atoms with Crippen LogP contribution in [0.15, 0.2) is 48.7 Å². The van der Waals surface area contributed by atoms with Gasteiger partial charge in [-0.2, -0.15) is 0 Å². The number of ether oxygens (including phenoxy) is 1. The molecule has 88 valence electrons. The molecule has 0 aliphatic rings. The SMILES string of the molecule is COc1cccc(C(N)(O)c2ccccn2)c1. The van der Waals surface area contributed by atoms with Gasteiger partial charge in [0.05, 0.1) is 12.8 Å². The van der Waals surface area contributed by atoms with Crippen LogP contribution in [0.25, 0.3) is 0 Å². The Morgan fingerprint density at radius 3 is 2.71 bits per heavy atom. The van der Waals surface area contributed by atoms with Crippen LogP contribution in [0.2, 0.25) is 0 Å². The Kier molecular flexibility index (Phi) is 3.08.